The second kappa shape index (κ2) is 15.1. The highest BCUT2D eigenvalue weighted by atomic mass is 79.9. The average molecular weight is 631 g/mol. The molecule has 1 atom stereocenters. The second-order valence-electron chi connectivity index (χ2n) is 10.0. The summed E-state index contributed by atoms with van der Waals surface area (Å²) in [6.07, 6.45) is 7.64. The number of aliphatic hydroxyl groups is 1. The van der Waals surface area contributed by atoms with Crippen LogP contribution in [-0.2, 0) is 11.2 Å². The number of nitrogens with two attached hydrogens (primary N) is 1. The molecule has 0 spiro atoms. The lowest BCUT2D eigenvalue weighted by Crippen LogP contribution is -2.16. The number of aliphatic hydroxyl groups excluding tert-OH is 1. The van der Waals surface area contributed by atoms with E-state index in [1.165, 1.54) is 31.7 Å². The number of fused-ring (bicyclic) bond motifs is 1. The van der Waals surface area contributed by atoms with Gasteiger partial charge in [-0.1, -0.05) is 63.9 Å². The van der Waals surface area contributed by atoms with E-state index >= 15 is 0 Å². The van der Waals surface area contributed by atoms with Gasteiger partial charge in [-0.15, -0.1) is 0 Å². The number of rotatable bonds is 6. The van der Waals surface area contributed by atoms with Crippen LogP contribution in [0.1, 0.15) is 59.1 Å². The van der Waals surface area contributed by atoms with Gasteiger partial charge in [0.1, 0.15) is 23.9 Å². The summed E-state index contributed by atoms with van der Waals surface area (Å²) in [6, 6.07) is 10.8. The molecule has 7 nitrogen and oxygen atoms in total. The third-order valence-corrected chi connectivity index (χ3v) is 7.97. The lowest BCUT2D eigenvalue weighted by atomic mass is 9.81. The smallest absolute Gasteiger partial charge is 0.191 e. The van der Waals surface area contributed by atoms with E-state index in [-0.39, 0.29) is 5.82 Å². The molecular formula is C31H38BrF2N5O2. The molecular weight excluding hydrogens is 592 g/mol. The Hall–Kier alpha value is -3.24. The van der Waals surface area contributed by atoms with Crippen molar-refractivity contribution in [2.24, 2.45) is 11.8 Å². The molecule has 0 bridgehead atoms. The Morgan fingerprint density at radius 3 is 2.37 bits per heavy atom. The van der Waals surface area contributed by atoms with Crippen LogP contribution in [-0.4, -0.2) is 43.3 Å². The predicted octanol–water partition coefficient (Wildman–Crippen LogP) is 7.24. The normalized spacial score (nSPS) is 17.2. The van der Waals surface area contributed by atoms with Crippen LogP contribution in [0.5, 0.6) is 0 Å². The number of hydrogen-bond acceptors (Lipinski definition) is 6. The molecule has 3 heterocycles. The van der Waals surface area contributed by atoms with Crippen LogP contribution in [0.4, 0.5) is 14.6 Å². The lowest BCUT2D eigenvalue weighted by Gasteiger charge is -2.26. The standard InChI is InChI=1S/C25H25BrFN5.C4H7FO2.C2H6/c1-15-7-9-16(10-8-15)11-21-22(26)24(28)32-25(31-21)19(14-30-32)18-12-20(27)23(29-13-18)17-5-3-2-4-6-17;1-3(5)4(7)2-6;1-2/h2-6,12-16H,7-11,28H2,1H3;3,6H,2H2,1H3;1-2H3. The van der Waals surface area contributed by atoms with Crippen LogP contribution in [0.15, 0.2) is 53.3 Å². The summed E-state index contributed by atoms with van der Waals surface area (Å²) in [5, 5.41) is 12.3. The highest BCUT2D eigenvalue weighted by Gasteiger charge is 2.23. The maximum atomic E-state index is 14.9. The highest BCUT2D eigenvalue weighted by Crippen LogP contribution is 2.35. The lowest BCUT2D eigenvalue weighted by molar-refractivity contribution is -0.125. The van der Waals surface area contributed by atoms with E-state index in [2.05, 4.69) is 32.9 Å². The molecule has 1 aromatic carbocycles. The molecule has 1 aliphatic carbocycles. The van der Waals surface area contributed by atoms with Gasteiger partial charge in [-0.05, 0) is 60.0 Å². The molecule has 0 radical (unpaired) electrons. The van der Waals surface area contributed by atoms with Gasteiger partial charge in [0.2, 0.25) is 0 Å². The summed E-state index contributed by atoms with van der Waals surface area (Å²) >= 11 is 3.63. The zero-order valence-electron chi connectivity index (χ0n) is 23.9. The zero-order valence-corrected chi connectivity index (χ0v) is 25.5. The van der Waals surface area contributed by atoms with Gasteiger partial charge < -0.3 is 10.8 Å². The second-order valence-corrected chi connectivity index (χ2v) is 10.8. The Labute approximate surface area is 248 Å². The molecule has 3 aromatic heterocycles. The number of pyridine rings is 1. The van der Waals surface area contributed by atoms with Gasteiger partial charge in [0.15, 0.2) is 17.6 Å². The van der Waals surface area contributed by atoms with Crippen molar-refractivity contribution >= 4 is 33.2 Å². The number of carbonyl (C=O) groups is 1. The Balaban J connectivity index is 0.000000452. The summed E-state index contributed by atoms with van der Waals surface area (Å²) in [5.74, 6) is 0.773. The van der Waals surface area contributed by atoms with Gasteiger partial charge in [0.25, 0.3) is 0 Å². The molecule has 220 valence electrons. The number of anilines is 1. The van der Waals surface area contributed by atoms with Gasteiger partial charge in [-0.2, -0.15) is 9.61 Å². The molecule has 4 aromatic rings. The molecule has 10 heteroatoms. The minimum absolute atomic E-state index is 0.327. The average Bonchev–Trinajstić information content (AvgIpc) is 3.42. The van der Waals surface area contributed by atoms with Crippen molar-refractivity contribution in [2.75, 3.05) is 12.3 Å². The zero-order chi connectivity index (χ0) is 30.1. The van der Waals surface area contributed by atoms with E-state index in [0.717, 1.165) is 35.0 Å². The Kier molecular flexibility index (Phi) is 11.9. The molecule has 1 fully saturated rings. The molecule has 3 N–H and O–H groups in total. The fourth-order valence-corrected chi connectivity index (χ4v) is 5.13. The molecule has 1 saturated carbocycles. The van der Waals surface area contributed by atoms with Crippen molar-refractivity contribution < 1.29 is 18.7 Å². The molecule has 0 saturated heterocycles. The number of Topliss-reactive ketones (excluding diaryl/α,β-unsaturated/α-hetero) is 1. The Bertz CT molecular complexity index is 1440. The van der Waals surface area contributed by atoms with E-state index in [1.54, 1.807) is 16.9 Å². The summed E-state index contributed by atoms with van der Waals surface area (Å²) in [5.41, 5.74) is 10.4. The quantitative estimate of drug-likeness (QED) is 0.233. The van der Waals surface area contributed by atoms with E-state index in [0.29, 0.717) is 34.2 Å². The molecule has 1 aliphatic rings. The first-order valence-corrected chi connectivity index (χ1v) is 14.8. The van der Waals surface area contributed by atoms with E-state index < -0.39 is 18.6 Å². The van der Waals surface area contributed by atoms with Gasteiger partial charge in [-0.25, -0.2) is 13.8 Å². The number of benzene rings is 1. The number of halogens is 3. The van der Waals surface area contributed by atoms with Crippen LogP contribution in [0.2, 0.25) is 0 Å². The maximum absolute atomic E-state index is 14.9. The summed E-state index contributed by atoms with van der Waals surface area (Å²) in [7, 11) is 0. The molecule has 41 heavy (non-hydrogen) atoms. The number of alkyl halides is 1. The number of nitrogen functional groups attached to an aromatic ring is 1. The molecule has 5 rings (SSSR count). The molecule has 0 amide bonds. The van der Waals surface area contributed by atoms with Crippen LogP contribution in [0, 0.1) is 17.7 Å². The number of ketones is 1. The van der Waals surface area contributed by atoms with Gasteiger partial charge >= 0.3 is 0 Å². The Morgan fingerprint density at radius 1 is 1.15 bits per heavy atom. The third kappa shape index (κ3) is 7.95. The minimum Gasteiger partial charge on any atom is -0.388 e. The van der Waals surface area contributed by atoms with Crippen LogP contribution in [0.25, 0.3) is 28.0 Å². The maximum Gasteiger partial charge on any atom is 0.191 e. The first-order chi connectivity index (χ1) is 19.7. The van der Waals surface area contributed by atoms with Gasteiger partial charge in [0, 0.05) is 22.9 Å². The fourth-order valence-electron chi connectivity index (χ4n) is 4.71. The SMILES string of the molecule is CC.CC(F)C(=O)CO.CC1CCC(Cc2nc3c(-c4cnc(-c5ccccc5)c(F)c4)cnn3c(N)c2Br)CC1. The van der Waals surface area contributed by atoms with Crippen molar-refractivity contribution in [2.45, 2.75) is 66.0 Å². The largest absolute Gasteiger partial charge is 0.388 e. The van der Waals surface area contributed by atoms with Crippen LogP contribution in [0.3, 0.4) is 0 Å². The van der Waals surface area contributed by atoms with Crippen molar-refractivity contribution in [1.29, 1.82) is 0 Å². The number of hydrogen-bond donors (Lipinski definition) is 2. The highest BCUT2D eigenvalue weighted by molar-refractivity contribution is 9.10. The van der Waals surface area contributed by atoms with E-state index in [4.69, 9.17) is 15.8 Å². The number of carbonyl (C=O) groups excluding carboxylic acids is 1. The van der Waals surface area contributed by atoms with Crippen molar-refractivity contribution in [3.63, 3.8) is 0 Å². The predicted molar refractivity (Wildman–Crippen MR) is 163 cm³/mol. The monoisotopic (exact) mass is 629 g/mol. The molecule has 0 aliphatic heterocycles. The fraction of sp³-hybridized carbons (Fsp3) is 0.419. The Morgan fingerprint density at radius 2 is 1.80 bits per heavy atom. The topological polar surface area (TPSA) is 106 Å². The van der Waals surface area contributed by atoms with Crippen LogP contribution >= 0.6 is 15.9 Å². The van der Waals surface area contributed by atoms with Crippen molar-refractivity contribution in [3.05, 3.63) is 64.8 Å². The number of aromatic nitrogens is 4. The minimum atomic E-state index is -1.52. The van der Waals surface area contributed by atoms with Crippen LogP contribution < -0.4 is 5.73 Å². The molecule has 1 unspecified atom stereocenters. The van der Waals surface area contributed by atoms with E-state index in [9.17, 15) is 13.6 Å². The van der Waals surface area contributed by atoms with Gasteiger partial charge in [-0.3, -0.25) is 9.78 Å². The first-order valence-electron chi connectivity index (χ1n) is 14.0. The van der Waals surface area contributed by atoms with Crippen molar-refractivity contribution in [3.8, 4) is 22.4 Å². The third-order valence-electron chi connectivity index (χ3n) is 7.11. The van der Waals surface area contributed by atoms with Crippen molar-refractivity contribution in [1.82, 2.24) is 19.6 Å². The summed E-state index contributed by atoms with van der Waals surface area (Å²) in [4.78, 5) is 19.2. The van der Waals surface area contributed by atoms with E-state index in [1.807, 2.05) is 44.2 Å². The van der Waals surface area contributed by atoms with Gasteiger partial charge in [0.05, 0.1) is 16.4 Å². The summed E-state index contributed by atoms with van der Waals surface area (Å²) in [6.45, 7) is 6.72. The summed E-state index contributed by atoms with van der Waals surface area (Å²) < 4.78 is 28.9. The first kappa shape index (κ1) is 32.3. The number of nitrogens with zero attached hydrogens (tertiary/aromatic N) is 4.